The third-order valence-corrected chi connectivity index (χ3v) is 5.82. The average Bonchev–Trinajstić information content (AvgIpc) is 3.19. The summed E-state index contributed by atoms with van der Waals surface area (Å²) in [6.07, 6.45) is 1.84. The number of thiophene rings is 1. The molecule has 3 rings (SSSR count). The number of phenolic OH excluding ortho intramolecular Hbond substituents is 1. The van der Waals surface area contributed by atoms with Gasteiger partial charge in [0.15, 0.2) is 0 Å². The Balaban J connectivity index is 1.27. The maximum atomic E-state index is 12.3. The first-order valence-corrected chi connectivity index (χ1v) is 10.6. The maximum absolute atomic E-state index is 12.3. The number of benzene rings is 1. The lowest BCUT2D eigenvalue weighted by atomic mass is 10.1. The minimum absolute atomic E-state index is 0.00961. The van der Waals surface area contributed by atoms with Crippen molar-refractivity contribution in [3.8, 4) is 5.75 Å². The van der Waals surface area contributed by atoms with Crippen molar-refractivity contribution in [1.29, 1.82) is 0 Å². The van der Waals surface area contributed by atoms with Crippen LogP contribution in [0.1, 0.15) is 40.1 Å². The van der Waals surface area contributed by atoms with Crippen molar-refractivity contribution in [2.75, 3.05) is 19.6 Å². The summed E-state index contributed by atoms with van der Waals surface area (Å²) in [5.74, 6) is -0.380. The molecule has 3 amide bonds. The van der Waals surface area contributed by atoms with E-state index in [1.54, 1.807) is 23.5 Å². The van der Waals surface area contributed by atoms with Gasteiger partial charge in [0.1, 0.15) is 5.75 Å². The van der Waals surface area contributed by atoms with E-state index in [-0.39, 0.29) is 36.3 Å². The van der Waals surface area contributed by atoms with Crippen molar-refractivity contribution in [2.24, 2.45) is 0 Å². The molecule has 7 nitrogen and oxygen atoms in total. The number of nitrogens with one attached hydrogen (secondary N) is 2. The van der Waals surface area contributed by atoms with Crippen molar-refractivity contribution in [1.82, 2.24) is 15.5 Å². The number of hydrogen-bond acceptors (Lipinski definition) is 5. The standard InChI is InChI=1S/C21H25N3O4S/c25-17-4-1-3-15(13-17)21(28)23-10-2-9-22-19(26)5-6-20(27)24-11-7-18-16(14-24)8-12-29-18/h1,3-4,8,12-13,25H,2,5-7,9-11,14H2,(H,22,26)(H,23,28). The molecule has 0 saturated carbocycles. The molecule has 154 valence electrons. The Hall–Kier alpha value is -2.87. The number of hydrogen-bond donors (Lipinski definition) is 3. The van der Waals surface area contributed by atoms with Gasteiger partial charge in [-0.1, -0.05) is 6.07 Å². The molecule has 0 radical (unpaired) electrons. The summed E-state index contributed by atoms with van der Waals surface area (Å²) >= 11 is 1.73. The second kappa shape index (κ2) is 10.1. The Morgan fingerprint density at radius 3 is 2.76 bits per heavy atom. The third-order valence-electron chi connectivity index (χ3n) is 4.80. The van der Waals surface area contributed by atoms with Crippen LogP contribution < -0.4 is 10.6 Å². The average molecular weight is 416 g/mol. The van der Waals surface area contributed by atoms with E-state index in [1.807, 2.05) is 4.90 Å². The van der Waals surface area contributed by atoms with Gasteiger partial charge in [0, 0.05) is 49.5 Å². The van der Waals surface area contributed by atoms with Crippen LogP contribution in [0, 0.1) is 0 Å². The Morgan fingerprint density at radius 2 is 1.93 bits per heavy atom. The summed E-state index contributed by atoms with van der Waals surface area (Å²) in [6, 6.07) is 8.19. The van der Waals surface area contributed by atoms with E-state index in [9.17, 15) is 19.5 Å². The van der Waals surface area contributed by atoms with Crippen LogP contribution in [0.25, 0.3) is 0 Å². The Bertz CT molecular complexity index is 880. The molecule has 0 spiro atoms. The highest BCUT2D eigenvalue weighted by Crippen LogP contribution is 2.24. The van der Waals surface area contributed by atoms with Crippen molar-refractivity contribution >= 4 is 29.1 Å². The Labute approximate surface area is 173 Å². The number of aromatic hydroxyl groups is 1. The first-order valence-electron chi connectivity index (χ1n) is 9.70. The van der Waals surface area contributed by atoms with Crippen molar-refractivity contribution in [3.63, 3.8) is 0 Å². The Morgan fingerprint density at radius 1 is 1.10 bits per heavy atom. The normalized spacial score (nSPS) is 12.9. The number of phenols is 1. The van der Waals surface area contributed by atoms with Crippen LogP contribution in [0.4, 0.5) is 0 Å². The molecule has 3 N–H and O–H groups in total. The molecule has 1 aromatic heterocycles. The molecule has 2 aromatic rings. The van der Waals surface area contributed by atoms with Crippen molar-refractivity contribution < 1.29 is 19.5 Å². The van der Waals surface area contributed by atoms with E-state index in [2.05, 4.69) is 22.1 Å². The molecule has 0 unspecified atom stereocenters. The third kappa shape index (κ3) is 6.05. The number of fused-ring (bicyclic) bond motifs is 1. The fourth-order valence-electron chi connectivity index (χ4n) is 3.20. The SMILES string of the molecule is O=C(CCC(=O)N1CCc2sccc2C1)NCCCNC(=O)c1cccc(O)c1. The molecular weight excluding hydrogens is 390 g/mol. The smallest absolute Gasteiger partial charge is 0.251 e. The molecular formula is C21H25N3O4S. The maximum Gasteiger partial charge on any atom is 0.251 e. The van der Waals surface area contributed by atoms with Gasteiger partial charge in [-0.25, -0.2) is 0 Å². The number of rotatable bonds is 8. The van der Waals surface area contributed by atoms with Crippen LogP contribution in [0.2, 0.25) is 0 Å². The number of carbonyl (C=O) groups excluding carboxylic acids is 3. The van der Waals surface area contributed by atoms with Crippen LogP contribution in [-0.4, -0.2) is 47.4 Å². The van der Waals surface area contributed by atoms with Crippen LogP contribution in [-0.2, 0) is 22.6 Å². The highest BCUT2D eigenvalue weighted by Gasteiger charge is 2.21. The van der Waals surface area contributed by atoms with Gasteiger partial charge < -0.3 is 20.6 Å². The molecule has 0 aliphatic carbocycles. The zero-order valence-corrected chi connectivity index (χ0v) is 17.0. The van der Waals surface area contributed by atoms with Crippen molar-refractivity contribution in [2.45, 2.75) is 32.2 Å². The molecule has 1 aliphatic heterocycles. The number of carbonyl (C=O) groups is 3. The molecule has 2 heterocycles. The van der Waals surface area contributed by atoms with Gasteiger partial charge in [0.05, 0.1) is 0 Å². The van der Waals surface area contributed by atoms with Gasteiger partial charge in [-0.3, -0.25) is 14.4 Å². The fourth-order valence-corrected chi connectivity index (χ4v) is 4.09. The van der Waals surface area contributed by atoms with E-state index in [0.717, 1.165) is 6.42 Å². The van der Waals surface area contributed by atoms with E-state index in [1.165, 1.54) is 22.6 Å². The quantitative estimate of drug-likeness (QED) is 0.575. The van der Waals surface area contributed by atoms with E-state index in [4.69, 9.17) is 0 Å². The second-order valence-corrected chi connectivity index (χ2v) is 7.94. The predicted molar refractivity (Wildman–Crippen MR) is 111 cm³/mol. The number of nitrogens with zero attached hydrogens (tertiary/aromatic N) is 1. The molecule has 0 fully saturated rings. The predicted octanol–water partition coefficient (Wildman–Crippen LogP) is 2.05. The first-order chi connectivity index (χ1) is 14.0. The molecule has 1 aliphatic rings. The number of amides is 3. The lowest BCUT2D eigenvalue weighted by molar-refractivity contribution is -0.134. The summed E-state index contributed by atoms with van der Waals surface area (Å²) in [5, 5.41) is 17.0. The van der Waals surface area contributed by atoms with Crippen LogP contribution in [0.5, 0.6) is 5.75 Å². The largest absolute Gasteiger partial charge is 0.508 e. The molecule has 1 aromatic carbocycles. The van der Waals surface area contributed by atoms with Gasteiger partial charge >= 0.3 is 0 Å². The van der Waals surface area contributed by atoms with Crippen LogP contribution in [0.15, 0.2) is 35.7 Å². The zero-order valence-electron chi connectivity index (χ0n) is 16.1. The van der Waals surface area contributed by atoms with Gasteiger partial charge in [-0.15, -0.1) is 11.3 Å². The van der Waals surface area contributed by atoms with Gasteiger partial charge in [0.25, 0.3) is 5.91 Å². The molecule has 8 heteroatoms. The van der Waals surface area contributed by atoms with E-state index < -0.39 is 0 Å². The Kier molecular flexibility index (Phi) is 7.24. The highest BCUT2D eigenvalue weighted by molar-refractivity contribution is 7.10. The van der Waals surface area contributed by atoms with Crippen molar-refractivity contribution in [3.05, 3.63) is 51.7 Å². The molecule has 0 atom stereocenters. The fraction of sp³-hybridized carbons (Fsp3) is 0.381. The monoisotopic (exact) mass is 415 g/mol. The summed E-state index contributed by atoms with van der Waals surface area (Å²) in [4.78, 5) is 39.4. The molecule has 0 bridgehead atoms. The topological polar surface area (TPSA) is 98.7 Å². The highest BCUT2D eigenvalue weighted by atomic mass is 32.1. The minimum Gasteiger partial charge on any atom is -0.508 e. The zero-order chi connectivity index (χ0) is 20.6. The summed E-state index contributed by atoms with van der Waals surface area (Å²) < 4.78 is 0. The summed E-state index contributed by atoms with van der Waals surface area (Å²) in [5.41, 5.74) is 1.60. The first kappa shape index (κ1) is 20.9. The van der Waals surface area contributed by atoms with Gasteiger partial charge in [0.2, 0.25) is 11.8 Å². The van der Waals surface area contributed by atoms with Crippen LogP contribution >= 0.6 is 11.3 Å². The van der Waals surface area contributed by atoms with E-state index in [0.29, 0.717) is 38.2 Å². The summed E-state index contributed by atoms with van der Waals surface area (Å²) in [6.45, 7) is 2.19. The molecule has 29 heavy (non-hydrogen) atoms. The molecule has 0 saturated heterocycles. The lowest BCUT2D eigenvalue weighted by Crippen LogP contribution is -2.36. The van der Waals surface area contributed by atoms with Gasteiger partial charge in [-0.2, -0.15) is 0 Å². The van der Waals surface area contributed by atoms with Gasteiger partial charge in [-0.05, 0) is 48.1 Å². The summed E-state index contributed by atoms with van der Waals surface area (Å²) in [7, 11) is 0. The van der Waals surface area contributed by atoms with Crippen LogP contribution in [0.3, 0.4) is 0 Å². The lowest BCUT2D eigenvalue weighted by Gasteiger charge is -2.27. The second-order valence-electron chi connectivity index (χ2n) is 6.94. The minimum atomic E-state index is -0.270. The van der Waals surface area contributed by atoms with E-state index >= 15 is 0 Å².